The fraction of sp³-hybridized carbons (Fsp3) is 0.600. The zero-order valence-electron chi connectivity index (χ0n) is 16.1. The van der Waals surface area contributed by atoms with E-state index in [1.165, 1.54) is 4.90 Å². The summed E-state index contributed by atoms with van der Waals surface area (Å²) in [5.74, 6) is -0.00886. The van der Waals surface area contributed by atoms with Gasteiger partial charge in [0.15, 0.2) is 0 Å². The monoisotopic (exact) mass is 385 g/mol. The average Bonchev–Trinajstić information content (AvgIpc) is 3.29. The highest BCUT2D eigenvalue weighted by Gasteiger charge is 2.52. The molecule has 1 saturated carbocycles. The van der Waals surface area contributed by atoms with Crippen LogP contribution in [0.1, 0.15) is 38.5 Å². The molecule has 0 aromatic carbocycles. The summed E-state index contributed by atoms with van der Waals surface area (Å²) in [4.78, 5) is 46.8. The number of hydrogen-bond donors (Lipinski definition) is 1. The molecule has 0 atom stereocenters. The number of pyridine rings is 1. The molecule has 3 heterocycles. The Morgan fingerprint density at radius 1 is 1.07 bits per heavy atom. The van der Waals surface area contributed by atoms with E-state index in [2.05, 4.69) is 15.2 Å². The van der Waals surface area contributed by atoms with E-state index in [9.17, 15) is 14.4 Å². The number of aromatic nitrogens is 1. The molecule has 8 heteroatoms. The van der Waals surface area contributed by atoms with Crippen LogP contribution in [0.25, 0.3) is 0 Å². The van der Waals surface area contributed by atoms with E-state index in [4.69, 9.17) is 0 Å². The highest BCUT2D eigenvalue weighted by Crippen LogP contribution is 2.35. The molecule has 8 nitrogen and oxygen atoms in total. The van der Waals surface area contributed by atoms with Gasteiger partial charge in [-0.2, -0.15) is 0 Å². The number of hydrogen-bond acceptors (Lipinski definition) is 5. The molecule has 2 aliphatic heterocycles. The maximum absolute atomic E-state index is 12.6. The van der Waals surface area contributed by atoms with Crippen molar-refractivity contribution in [2.75, 3.05) is 37.6 Å². The normalized spacial score (nSPS) is 21.5. The molecule has 150 valence electrons. The lowest BCUT2D eigenvalue weighted by molar-refractivity contribution is -0.133. The zero-order chi connectivity index (χ0) is 19.6. The molecular weight excluding hydrogens is 358 g/mol. The second-order valence-electron chi connectivity index (χ2n) is 7.85. The van der Waals surface area contributed by atoms with Crippen molar-refractivity contribution >= 4 is 23.5 Å². The van der Waals surface area contributed by atoms with E-state index in [1.54, 1.807) is 12.4 Å². The van der Waals surface area contributed by atoms with Crippen LogP contribution in [0.3, 0.4) is 0 Å². The Kier molecular flexibility index (Phi) is 5.19. The smallest absolute Gasteiger partial charge is 0.325 e. The molecule has 28 heavy (non-hydrogen) atoms. The number of rotatable bonds is 5. The summed E-state index contributed by atoms with van der Waals surface area (Å²) in [6.07, 6.45) is 7.84. The molecule has 2 saturated heterocycles. The lowest BCUT2D eigenvalue weighted by Gasteiger charge is -2.36. The van der Waals surface area contributed by atoms with Crippen LogP contribution in [-0.2, 0) is 9.59 Å². The zero-order valence-corrected chi connectivity index (χ0v) is 16.1. The van der Waals surface area contributed by atoms with Gasteiger partial charge in [0, 0.05) is 57.2 Å². The fourth-order valence-electron chi connectivity index (χ4n) is 4.51. The fourth-order valence-corrected chi connectivity index (χ4v) is 4.51. The van der Waals surface area contributed by atoms with E-state index in [1.807, 2.05) is 17.0 Å². The lowest BCUT2D eigenvalue weighted by Crippen LogP contribution is -2.49. The predicted octanol–water partition coefficient (Wildman–Crippen LogP) is 1.37. The summed E-state index contributed by atoms with van der Waals surface area (Å²) in [5.41, 5.74) is 0.464. The first-order chi connectivity index (χ1) is 13.6. The minimum Gasteiger partial charge on any atom is -0.368 e. The highest BCUT2D eigenvalue weighted by molar-refractivity contribution is 6.07. The third kappa shape index (κ3) is 3.55. The van der Waals surface area contributed by atoms with E-state index in [0.29, 0.717) is 32.5 Å². The van der Waals surface area contributed by atoms with Crippen LogP contribution < -0.4 is 10.2 Å². The number of nitrogens with zero attached hydrogens (tertiary/aromatic N) is 4. The number of anilines is 1. The van der Waals surface area contributed by atoms with Gasteiger partial charge >= 0.3 is 6.03 Å². The Morgan fingerprint density at radius 2 is 1.75 bits per heavy atom. The number of amides is 4. The molecule has 4 amide bonds. The molecule has 3 aliphatic rings. The first kappa shape index (κ1) is 18.7. The number of piperazine rings is 1. The number of carbonyl (C=O) groups excluding carboxylic acids is 3. The quantitative estimate of drug-likeness (QED) is 0.774. The third-order valence-electron chi connectivity index (χ3n) is 6.14. The van der Waals surface area contributed by atoms with Crippen LogP contribution in [0.4, 0.5) is 10.5 Å². The van der Waals surface area contributed by atoms with Gasteiger partial charge in [-0.25, -0.2) is 4.79 Å². The summed E-state index contributed by atoms with van der Waals surface area (Å²) in [6.45, 7) is 3.28. The summed E-state index contributed by atoms with van der Waals surface area (Å²) >= 11 is 0. The van der Waals surface area contributed by atoms with Crippen LogP contribution in [0.2, 0.25) is 0 Å². The Hall–Kier alpha value is -2.64. The van der Waals surface area contributed by atoms with Gasteiger partial charge in [0.25, 0.3) is 5.91 Å². The molecule has 3 fully saturated rings. The van der Waals surface area contributed by atoms with Crippen LogP contribution >= 0.6 is 0 Å². The maximum atomic E-state index is 12.6. The first-order valence-corrected chi connectivity index (χ1v) is 10.2. The lowest BCUT2D eigenvalue weighted by atomic mass is 9.98. The Labute approximate surface area is 164 Å². The van der Waals surface area contributed by atoms with Crippen LogP contribution in [0.5, 0.6) is 0 Å². The summed E-state index contributed by atoms with van der Waals surface area (Å²) in [7, 11) is 0. The van der Waals surface area contributed by atoms with Crippen molar-refractivity contribution in [1.29, 1.82) is 0 Å². The molecule has 1 aromatic rings. The molecule has 1 N–H and O–H groups in total. The standard InChI is InChI=1S/C20H27N5O3/c26-17(24-14-12-23(13-15-24)16-5-9-21-10-6-16)4-3-11-25-18(27)20(22-19(25)28)7-1-2-8-20/h5-6,9-10H,1-4,7-8,11-15H2,(H,22,28). The molecule has 1 aliphatic carbocycles. The number of urea groups is 1. The molecule has 1 aromatic heterocycles. The predicted molar refractivity (Wildman–Crippen MR) is 104 cm³/mol. The minimum absolute atomic E-state index is 0.0945. The van der Waals surface area contributed by atoms with Gasteiger partial charge in [-0.15, -0.1) is 0 Å². The Morgan fingerprint density at radius 3 is 2.43 bits per heavy atom. The summed E-state index contributed by atoms with van der Waals surface area (Å²) < 4.78 is 0. The van der Waals surface area contributed by atoms with E-state index >= 15 is 0 Å². The summed E-state index contributed by atoms with van der Waals surface area (Å²) in [5, 5.41) is 2.88. The van der Waals surface area contributed by atoms with Crippen molar-refractivity contribution < 1.29 is 14.4 Å². The van der Waals surface area contributed by atoms with Crippen molar-refractivity contribution in [1.82, 2.24) is 20.1 Å². The Bertz CT molecular complexity index is 739. The van der Waals surface area contributed by atoms with Gasteiger partial charge in [0.2, 0.25) is 5.91 Å². The number of carbonyl (C=O) groups is 3. The highest BCUT2D eigenvalue weighted by atomic mass is 16.2. The van der Waals surface area contributed by atoms with Gasteiger partial charge in [0.1, 0.15) is 5.54 Å². The van der Waals surface area contributed by atoms with Gasteiger partial charge in [-0.05, 0) is 31.4 Å². The molecular formula is C20H27N5O3. The molecule has 4 rings (SSSR count). The van der Waals surface area contributed by atoms with Crippen molar-refractivity contribution in [2.24, 2.45) is 0 Å². The SMILES string of the molecule is O=C(CCCN1C(=O)NC2(CCCC2)C1=O)N1CCN(c2ccncc2)CC1. The van der Waals surface area contributed by atoms with Gasteiger partial charge in [0.05, 0.1) is 0 Å². The third-order valence-corrected chi connectivity index (χ3v) is 6.14. The number of imide groups is 1. The minimum atomic E-state index is -0.662. The van der Waals surface area contributed by atoms with Crippen LogP contribution in [0.15, 0.2) is 24.5 Å². The van der Waals surface area contributed by atoms with Crippen molar-refractivity contribution in [3.05, 3.63) is 24.5 Å². The van der Waals surface area contributed by atoms with Gasteiger partial charge < -0.3 is 15.1 Å². The molecule has 1 spiro atoms. The maximum Gasteiger partial charge on any atom is 0.325 e. The average molecular weight is 385 g/mol. The topological polar surface area (TPSA) is 85.8 Å². The van der Waals surface area contributed by atoms with Crippen molar-refractivity contribution in [2.45, 2.75) is 44.1 Å². The van der Waals surface area contributed by atoms with Gasteiger partial charge in [-0.3, -0.25) is 19.5 Å². The molecule has 0 unspecified atom stereocenters. The van der Waals surface area contributed by atoms with E-state index in [-0.39, 0.29) is 17.8 Å². The molecule has 0 radical (unpaired) electrons. The van der Waals surface area contributed by atoms with Crippen molar-refractivity contribution in [3.8, 4) is 0 Å². The largest absolute Gasteiger partial charge is 0.368 e. The van der Waals surface area contributed by atoms with Crippen molar-refractivity contribution in [3.63, 3.8) is 0 Å². The second-order valence-corrected chi connectivity index (χ2v) is 7.85. The van der Waals surface area contributed by atoms with E-state index in [0.717, 1.165) is 44.5 Å². The van der Waals surface area contributed by atoms with Gasteiger partial charge in [-0.1, -0.05) is 12.8 Å². The van der Waals surface area contributed by atoms with Crippen LogP contribution in [0, 0.1) is 0 Å². The van der Waals surface area contributed by atoms with Crippen LogP contribution in [-0.4, -0.2) is 70.9 Å². The first-order valence-electron chi connectivity index (χ1n) is 10.2. The second kappa shape index (κ2) is 7.77. The summed E-state index contributed by atoms with van der Waals surface area (Å²) in [6, 6.07) is 3.66. The molecule has 0 bridgehead atoms. The number of nitrogens with one attached hydrogen (secondary N) is 1. The Balaban J connectivity index is 1.22. The van der Waals surface area contributed by atoms with E-state index < -0.39 is 5.54 Å².